The lowest BCUT2D eigenvalue weighted by Gasteiger charge is -2.23. The first kappa shape index (κ1) is 18.5. The highest BCUT2D eigenvalue weighted by Crippen LogP contribution is 2.26. The number of methoxy groups -OCH3 is 1. The molecule has 0 aliphatic carbocycles. The Bertz CT molecular complexity index is 456. The summed E-state index contributed by atoms with van der Waals surface area (Å²) in [5.74, 6) is 0.176. The quantitative estimate of drug-likeness (QED) is 0.694. The SMILES string of the molecule is COc1ccccc1CC(CC(=O)O)C(O)CCCC(C)C. The van der Waals surface area contributed by atoms with Crippen molar-refractivity contribution in [3.63, 3.8) is 0 Å². The summed E-state index contributed by atoms with van der Waals surface area (Å²) >= 11 is 0. The molecule has 2 atom stereocenters. The molecule has 0 aliphatic heterocycles. The van der Waals surface area contributed by atoms with E-state index in [9.17, 15) is 9.90 Å². The van der Waals surface area contributed by atoms with Crippen molar-refractivity contribution in [2.75, 3.05) is 7.11 Å². The van der Waals surface area contributed by atoms with Crippen LogP contribution in [0.5, 0.6) is 5.75 Å². The minimum Gasteiger partial charge on any atom is -0.496 e. The molecule has 4 heteroatoms. The Kier molecular flexibility index (Phi) is 7.96. The first-order valence-electron chi connectivity index (χ1n) is 7.95. The van der Waals surface area contributed by atoms with Gasteiger partial charge in [-0.15, -0.1) is 0 Å². The summed E-state index contributed by atoms with van der Waals surface area (Å²) in [6, 6.07) is 7.57. The highest BCUT2D eigenvalue weighted by Gasteiger charge is 2.23. The fourth-order valence-electron chi connectivity index (χ4n) is 2.69. The van der Waals surface area contributed by atoms with Crippen LogP contribution in [0, 0.1) is 11.8 Å². The smallest absolute Gasteiger partial charge is 0.303 e. The summed E-state index contributed by atoms with van der Waals surface area (Å²) in [7, 11) is 1.60. The van der Waals surface area contributed by atoms with E-state index >= 15 is 0 Å². The van der Waals surface area contributed by atoms with Crippen molar-refractivity contribution in [1.82, 2.24) is 0 Å². The second kappa shape index (κ2) is 9.46. The van der Waals surface area contributed by atoms with Gasteiger partial charge >= 0.3 is 5.97 Å². The molecule has 1 aromatic carbocycles. The van der Waals surface area contributed by atoms with E-state index in [2.05, 4.69) is 13.8 Å². The minimum absolute atomic E-state index is 0.0269. The van der Waals surface area contributed by atoms with E-state index in [4.69, 9.17) is 9.84 Å². The van der Waals surface area contributed by atoms with E-state index in [1.807, 2.05) is 24.3 Å². The molecule has 1 rings (SSSR count). The van der Waals surface area contributed by atoms with E-state index in [1.165, 1.54) is 0 Å². The fourth-order valence-corrected chi connectivity index (χ4v) is 2.69. The van der Waals surface area contributed by atoms with Crippen molar-refractivity contribution in [3.8, 4) is 5.75 Å². The van der Waals surface area contributed by atoms with Crippen LogP contribution in [0.1, 0.15) is 45.1 Å². The topological polar surface area (TPSA) is 66.8 Å². The zero-order valence-electron chi connectivity index (χ0n) is 13.8. The van der Waals surface area contributed by atoms with Gasteiger partial charge in [0.25, 0.3) is 0 Å². The lowest BCUT2D eigenvalue weighted by atomic mass is 9.87. The van der Waals surface area contributed by atoms with E-state index in [0.717, 1.165) is 24.2 Å². The van der Waals surface area contributed by atoms with E-state index in [0.29, 0.717) is 18.8 Å². The second-order valence-electron chi connectivity index (χ2n) is 6.27. The number of benzene rings is 1. The zero-order chi connectivity index (χ0) is 16.5. The first-order valence-corrected chi connectivity index (χ1v) is 7.95. The van der Waals surface area contributed by atoms with Crippen molar-refractivity contribution in [2.24, 2.45) is 11.8 Å². The molecular formula is C18H28O4. The highest BCUT2D eigenvalue weighted by atomic mass is 16.5. The van der Waals surface area contributed by atoms with Gasteiger partial charge in [-0.05, 0) is 36.3 Å². The molecule has 0 aliphatic rings. The number of aliphatic hydroxyl groups is 1. The third kappa shape index (κ3) is 6.48. The molecule has 0 saturated carbocycles. The van der Waals surface area contributed by atoms with Crippen molar-refractivity contribution in [2.45, 2.75) is 52.1 Å². The Labute approximate surface area is 133 Å². The number of aliphatic hydroxyl groups excluding tert-OH is 1. The van der Waals surface area contributed by atoms with Gasteiger partial charge < -0.3 is 14.9 Å². The molecule has 0 fully saturated rings. The van der Waals surface area contributed by atoms with Gasteiger partial charge in [0, 0.05) is 0 Å². The summed E-state index contributed by atoms with van der Waals surface area (Å²) in [6.45, 7) is 4.30. The van der Waals surface area contributed by atoms with Crippen LogP contribution in [0.4, 0.5) is 0 Å². The largest absolute Gasteiger partial charge is 0.496 e. The van der Waals surface area contributed by atoms with Gasteiger partial charge in [-0.2, -0.15) is 0 Å². The lowest BCUT2D eigenvalue weighted by Crippen LogP contribution is -2.25. The number of aliphatic carboxylic acids is 1. The van der Waals surface area contributed by atoms with Crippen LogP contribution in [0.3, 0.4) is 0 Å². The van der Waals surface area contributed by atoms with Gasteiger partial charge in [0.1, 0.15) is 5.75 Å². The number of carboxylic acid groups (broad SMARTS) is 1. The molecule has 0 spiro atoms. The van der Waals surface area contributed by atoms with Crippen LogP contribution in [0.25, 0.3) is 0 Å². The Morgan fingerprint density at radius 2 is 1.91 bits per heavy atom. The number of para-hydroxylation sites is 1. The van der Waals surface area contributed by atoms with Crippen LogP contribution < -0.4 is 4.74 Å². The van der Waals surface area contributed by atoms with Crippen molar-refractivity contribution < 1.29 is 19.7 Å². The molecular weight excluding hydrogens is 280 g/mol. The summed E-state index contributed by atoms with van der Waals surface area (Å²) in [5.41, 5.74) is 0.944. The molecule has 0 bridgehead atoms. The van der Waals surface area contributed by atoms with Crippen molar-refractivity contribution in [3.05, 3.63) is 29.8 Å². The number of rotatable bonds is 10. The van der Waals surface area contributed by atoms with E-state index < -0.39 is 12.1 Å². The lowest BCUT2D eigenvalue weighted by molar-refractivity contribution is -0.139. The number of ether oxygens (including phenoxy) is 1. The third-order valence-electron chi connectivity index (χ3n) is 3.94. The monoisotopic (exact) mass is 308 g/mol. The number of carbonyl (C=O) groups is 1. The Morgan fingerprint density at radius 3 is 2.50 bits per heavy atom. The third-order valence-corrected chi connectivity index (χ3v) is 3.94. The van der Waals surface area contributed by atoms with Crippen LogP contribution >= 0.6 is 0 Å². The second-order valence-corrected chi connectivity index (χ2v) is 6.27. The zero-order valence-corrected chi connectivity index (χ0v) is 13.8. The maximum atomic E-state index is 11.1. The molecule has 0 aromatic heterocycles. The predicted octanol–water partition coefficient (Wildman–Crippen LogP) is 3.52. The average molecular weight is 308 g/mol. The minimum atomic E-state index is -0.872. The molecule has 1 aromatic rings. The fraction of sp³-hybridized carbons (Fsp3) is 0.611. The number of carboxylic acids is 1. The number of hydrogen-bond acceptors (Lipinski definition) is 3. The molecule has 0 heterocycles. The predicted molar refractivity (Wildman–Crippen MR) is 87.1 cm³/mol. The molecule has 0 amide bonds. The maximum absolute atomic E-state index is 11.1. The Balaban J connectivity index is 2.72. The molecule has 22 heavy (non-hydrogen) atoms. The summed E-state index contributed by atoms with van der Waals surface area (Å²) < 4.78 is 5.31. The van der Waals surface area contributed by atoms with Gasteiger partial charge in [-0.1, -0.05) is 44.9 Å². The van der Waals surface area contributed by atoms with Crippen molar-refractivity contribution in [1.29, 1.82) is 0 Å². The Hall–Kier alpha value is -1.55. The summed E-state index contributed by atoms with van der Waals surface area (Å²) in [5, 5.41) is 19.5. The standard InChI is InChI=1S/C18H28O4/c1-13(2)7-6-9-16(19)15(12-18(20)21)11-14-8-4-5-10-17(14)22-3/h4-5,8,10,13,15-16,19H,6-7,9,11-12H2,1-3H3,(H,20,21). The van der Waals surface area contributed by atoms with Crippen LogP contribution in [-0.4, -0.2) is 29.4 Å². The maximum Gasteiger partial charge on any atom is 0.303 e. The average Bonchev–Trinajstić information content (AvgIpc) is 2.46. The normalized spacial score (nSPS) is 13.9. The molecule has 2 unspecified atom stereocenters. The molecule has 2 N–H and O–H groups in total. The van der Waals surface area contributed by atoms with Crippen LogP contribution in [-0.2, 0) is 11.2 Å². The summed E-state index contributed by atoms with van der Waals surface area (Å²) in [6.07, 6.45) is 2.50. The van der Waals surface area contributed by atoms with Gasteiger partial charge in [-0.25, -0.2) is 0 Å². The van der Waals surface area contributed by atoms with Gasteiger partial charge in [0.05, 0.1) is 19.6 Å². The van der Waals surface area contributed by atoms with E-state index in [-0.39, 0.29) is 12.3 Å². The van der Waals surface area contributed by atoms with Crippen LogP contribution in [0.2, 0.25) is 0 Å². The summed E-state index contributed by atoms with van der Waals surface area (Å²) in [4.78, 5) is 11.1. The first-order chi connectivity index (χ1) is 10.4. The van der Waals surface area contributed by atoms with Crippen molar-refractivity contribution >= 4 is 5.97 Å². The number of hydrogen-bond donors (Lipinski definition) is 2. The molecule has 4 nitrogen and oxygen atoms in total. The molecule has 124 valence electrons. The van der Waals surface area contributed by atoms with Gasteiger partial charge in [0.2, 0.25) is 0 Å². The highest BCUT2D eigenvalue weighted by molar-refractivity contribution is 5.67. The molecule has 0 radical (unpaired) electrons. The van der Waals surface area contributed by atoms with Gasteiger partial charge in [-0.3, -0.25) is 4.79 Å². The Morgan fingerprint density at radius 1 is 1.23 bits per heavy atom. The molecule has 0 saturated heterocycles. The van der Waals surface area contributed by atoms with E-state index in [1.54, 1.807) is 7.11 Å². The van der Waals surface area contributed by atoms with Crippen LogP contribution in [0.15, 0.2) is 24.3 Å². The van der Waals surface area contributed by atoms with Gasteiger partial charge in [0.15, 0.2) is 0 Å².